The molecule has 26 heavy (non-hydrogen) atoms. The number of aromatic nitrogens is 2. The Morgan fingerprint density at radius 3 is 2.73 bits per heavy atom. The van der Waals surface area contributed by atoms with E-state index in [2.05, 4.69) is 51.6 Å². The molecule has 0 aromatic carbocycles. The van der Waals surface area contributed by atoms with Crippen LogP contribution in [0.15, 0.2) is 12.4 Å². The molecule has 2 saturated heterocycles. The number of hydrogen-bond acceptors (Lipinski definition) is 7. The highest BCUT2D eigenvalue weighted by atomic mass is 16.5. The number of morpholine rings is 1. The Morgan fingerprint density at radius 1 is 1.23 bits per heavy atom. The summed E-state index contributed by atoms with van der Waals surface area (Å²) in [5.41, 5.74) is 0. The lowest BCUT2D eigenvalue weighted by Crippen LogP contribution is -2.47. The normalized spacial score (nSPS) is 27.5. The van der Waals surface area contributed by atoms with Gasteiger partial charge in [-0.25, -0.2) is 9.97 Å². The lowest BCUT2D eigenvalue weighted by Gasteiger charge is -2.36. The summed E-state index contributed by atoms with van der Waals surface area (Å²) in [6.07, 6.45) is 5.59. The second kappa shape index (κ2) is 8.97. The van der Waals surface area contributed by atoms with Gasteiger partial charge in [0.2, 0.25) is 0 Å². The minimum atomic E-state index is 0.174. The molecule has 3 rings (SSSR count). The van der Waals surface area contributed by atoms with Gasteiger partial charge in [0.15, 0.2) is 0 Å². The van der Waals surface area contributed by atoms with Crippen LogP contribution in [-0.2, 0) is 4.74 Å². The van der Waals surface area contributed by atoms with Gasteiger partial charge in [-0.15, -0.1) is 0 Å². The van der Waals surface area contributed by atoms with Crippen molar-refractivity contribution in [2.45, 2.75) is 51.4 Å². The molecule has 2 aliphatic heterocycles. The van der Waals surface area contributed by atoms with E-state index >= 15 is 0 Å². The largest absolute Gasteiger partial charge is 0.394 e. The van der Waals surface area contributed by atoms with E-state index in [1.807, 2.05) is 0 Å². The minimum Gasteiger partial charge on any atom is -0.394 e. The Labute approximate surface area is 157 Å². The van der Waals surface area contributed by atoms with Crippen molar-refractivity contribution in [3.05, 3.63) is 12.4 Å². The van der Waals surface area contributed by atoms with Crippen LogP contribution in [0.5, 0.6) is 0 Å². The average molecular weight is 364 g/mol. The van der Waals surface area contributed by atoms with Crippen molar-refractivity contribution in [3.63, 3.8) is 0 Å². The van der Waals surface area contributed by atoms with Crippen LogP contribution in [0.3, 0.4) is 0 Å². The zero-order valence-electron chi connectivity index (χ0n) is 16.3. The van der Waals surface area contributed by atoms with E-state index in [1.165, 1.54) is 6.42 Å². The third kappa shape index (κ3) is 4.84. The summed E-state index contributed by atoms with van der Waals surface area (Å²) in [4.78, 5) is 15.8. The van der Waals surface area contributed by atoms with Crippen LogP contribution in [0.25, 0.3) is 0 Å². The summed E-state index contributed by atoms with van der Waals surface area (Å²) >= 11 is 0. The van der Waals surface area contributed by atoms with Crippen molar-refractivity contribution in [2.75, 3.05) is 56.2 Å². The monoisotopic (exact) mass is 363 g/mol. The van der Waals surface area contributed by atoms with E-state index in [0.29, 0.717) is 12.2 Å². The van der Waals surface area contributed by atoms with E-state index < -0.39 is 0 Å². The SMILES string of the molecule is C[C@@H]1CN(CCN(C)c2cc(N3CCCCC3CO)ncn2)C[C@H](C)O1. The van der Waals surface area contributed by atoms with Crippen LogP contribution in [0.1, 0.15) is 33.1 Å². The molecule has 0 amide bonds. The van der Waals surface area contributed by atoms with E-state index in [0.717, 1.165) is 57.2 Å². The Kier molecular flexibility index (Phi) is 6.67. The molecule has 1 N–H and O–H groups in total. The number of hydrogen-bond donors (Lipinski definition) is 1. The van der Waals surface area contributed by atoms with Crippen LogP contribution in [0.2, 0.25) is 0 Å². The van der Waals surface area contributed by atoms with Gasteiger partial charge in [0.25, 0.3) is 0 Å². The molecule has 1 unspecified atom stereocenters. The summed E-state index contributed by atoms with van der Waals surface area (Å²) < 4.78 is 5.81. The van der Waals surface area contributed by atoms with Crippen molar-refractivity contribution in [1.29, 1.82) is 0 Å². The molecule has 0 aliphatic carbocycles. The van der Waals surface area contributed by atoms with Crippen LogP contribution >= 0.6 is 0 Å². The fourth-order valence-corrected chi connectivity index (χ4v) is 4.07. The van der Waals surface area contributed by atoms with Crippen LogP contribution in [0.4, 0.5) is 11.6 Å². The molecular formula is C19H33N5O2. The molecule has 1 aromatic rings. The molecular weight excluding hydrogens is 330 g/mol. The molecule has 3 atom stereocenters. The lowest BCUT2D eigenvalue weighted by molar-refractivity contribution is -0.0670. The molecule has 0 spiro atoms. The maximum absolute atomic E-state index is 9.66. The molecule has 3 heterocycles. The standard InChI is InChI=1S/C19H33N5O2/c1-15-11-23(12-16(2)26-15)9-8-22(3)18-10-19(21-14-20-18)24-7-5-4-6-17(24)13-25/h10,14-17,25H,4-9,11-13H2,1-3H3/t15-,16+,17?. The summed E-state index contributed by atoms with van der Waals surface area (Å²) in [7, 11) is 2.08. The quantitative estimate of drug-likeness (QED) is 0.819. The number of piperidine rings is 1. The van der Waals surface area contributed by atoms with Gasteiger partial charge in [0.05, 0.1) is 24.9 Å². The van der Waals surface area contributed by atoms with Gasteiger partial charge in [0, 0.05) is 45.8 Å². The Morgan fingerprint density at radius 2 is 2.00 bits per heavy atom. The first-order valence-corrected chi connectivity index (χ1v) is 9.85. The van der Waals surface area contributed by atoms with E-state index in [9.17, 15) is 5.11 Å². The maximum Gasteiger partial charge on any atom is 0.134 e. The Bertz CT molecular complexity index is 563. The van der Waals surface area contributed by atoms with E-state index in [-0.39, 0.29) is 12.6 Å². The number of aliphatic hydroxyl groups excluding tert-OH is 1. The van der Waals surface area contributed by atoms with Gasteiger partial charge in [-0.05, 0) is 33.1 Å². The molecule has 0 bridgehead atoms. The summed E-state index contributed by atoms with van der Waals surface area (Å²) in [6, 6.07) is 2.23. The van der Waals surface area contributed by atoms with Gasteiger partial charge >= 0.3 is 0 Å². The number of ether oxygens (including phenoxy) is 1. The zero-order chi connectivity index (χ0) is 18.5. The fraction of sp³-hybridized carbons (Fsp3) is 0.789. The van der Waals surface area contributed by atoms with Gasteiger partial charge in [-0.2, -0.15) is 0 Å². The zero-order valence-corrected chi connectivity index (χ0v) is 16.3. The average Bonchev–Trinajstić information content (AvgIpc) is 2.65. The van der Waals surface area contributed by atoms with Crippen molar-refractivity contribution >= 4 is 11.6 Å². The third-order valence-electron chi connectivity index (χ3n) is 5.41. The molecule has 1 aromatic heterocycles. The molecule has 0 radical (unpaired) electrons. The number of nitrogens with zero attached hydrogens (tertiary/aromatic N) is 5. The molecule has 2 aliphatic rings. The molecule has 2 fully saturated rings. The second-order valence-corrected chi connectivity index (χ2v) is 7.70. The summed E-state index contributed by atoms with van der Waals surface area (Å²) in [5, 5.41) is 9.66. The molecule has 0 saturated carbocycles. The highest BCUT2D eigenvalue weighted by Gasteiger charge is 2.24. The van der Waals surface area contributed by atoms with Crippen molar-refractivity contribution in [2.24, 2.45) is 0 Å². The first-order chi connectivity index (χ1) is 12.6. The summed E-state index contributed by atoms with van der Waals surface area (Å²) in [5.74, 6) is 1.86. The highest BCUT2D eigenvalue weighted by Crippen LogP contribution is 2.24. The van der Waals surface area contributed by atoms with Crippen molar-refractivity contribution in [3.8, 4) is 0 Å². The van der Waals surface area contributed by atoms with Gasteiger partial charge in [-0.3, -0.25) is 4.90 Å². The number of rotatable bonds is 6. The maximum atomic E-state index is 9.66. The predicted molar refractivity (Wildman–Crippen MR) is 104 cm³/mol. The molecule has 7 nitrogen and oxygen atoms in total. The smallest absolute Gasteiger partial charge is 0.134 e. The predicted octanol–water partition coefficient (Wildman–Crippen LogP) is 1.37. The van der Waals surface area contributed by atoms with Crippen LogP contribution in [-0.4, -0.2) is 84.6 Å². The van der Waals surface area contributed by atoms with Gasteiger partial charge in [0.1, 0.15) is 18.0 Å². The molecule has 7 heteroatoms. The first kappa shape index (κ1) is 19.3. The Hall–Kier alpha value is -1.44. The number of anilines is 2. The number of likely N-dealkylation sites (N-methyl/N-ethyl adjacent to an activating group) is 1. The molecule has 146 valence electrons. The topological polar surface area (TPSA) is 65.0 Å². The van der Waals surface area contributed by atoms with E-state index in [4.69, 9.17) is 4.74 Å². The van der Waals surface area contributed by atoms with Crippen LogP contribution in [0, 0.1) is 0 Å². The Balaban J connectivity index is 1.60. The summed E-state index contributed by atoms with van der Waals surface area (Å²) in [6.45, 7) is 9.30. The van der Waals surface area contributed by atoms with Crippen LogP contribution < -0.4 is 9.80 Å². The van der Waals surface area contributed by atoms with Gasteiger partial charge in [-0.1, -0.05) is 0 Å². The highest BCUT2D eigenvalue weighted by molar-refractivity contribution is 5.50. The third-order valence-corrected chi connectivity index (χ3v) is 5.41. The van der Waals surface area contributed by atoms with E-state index in [1.54, 1.807) is 6.33 Å². The number of aliphatic hydroxyl groups is 1. The second-order valence-electron chi connectivity index (χ2n) is 7.70. The first-order valence-electron chi connectivity index (χ1n) is 9.85. The minimum absolute atomic E-state index is 0.174. The fourth-order valence-electron chi connectivity index (χ4n) is 4.07. The lowest BCUT2D eigenvalue weighted by atomic mass is 10.0. The van der Waals surface area contributed by atoms with Crippen molar-refractivity contribution < 1.29 is 9.84 Å². The van der Waals surface area contributed by atoms with Crippen molar-refractivity contribution in [1.82, 2.24) is 14.9 Å². The van der Waals surface area contributed by atoms with Gasteiger partial charge < -0.3 is 19.6 Å².